The van der Waals surface area contributed by atoms with Crippen molar-refractivity contribution in [2.75, 3.05) is 31.6 Å². The molecule has 2 heterocycles. The summed E-state index contributed by atoms with van der Waals surface area (Å²) in [4.78, 5) is 8.95. The van der Waals surface area contributed by atoms with E-state index in [9.17, 15) is 0 Å². The zero-order valence-electron chi connectivity index (χ0n) is 10.0. The minimum Gasteiger partial charge on any atom is -0.432 e. The molecule has 2 N–H and O–H groups in total. The van der Waals surface area contributed by atoms with Gasteiger partial charge >= 0.3 is 0 Å². The van der Waals surface area contributed by atoms with Gasteiger partial charge < -0.3 is 20.0 Å². The first-order valence-electron chi connectivity index (χ1n) is 5.80. The highest BCUT2D eigenvalue weighted by molar-refractivity contribution is 5.29. The fraction of sp³-hybridized carbons (Fsp3) is 0.727. The summed E-state index contributed by atoms with van der Waals surface area (Å²) in [5.74, 6) is 0. The summed E-state index contributed by atoms with van der Waals surface area (Å²) >= 11 is 0. The second-order valence-electron chi connectivity index (χ2n) is 4.48. The summed E-state index contributed by atoms with van der Waals surface area (Å²) in [7, 11) is 2.15. The van der Waals surface area contributed by atoms with Crippen LogP contribution in [0.5, 0.6) is 0 Å². The molecular formula is C11H20N4O. The fourth-order valence-corrected chi connectivity index (χ4v) is 2.18. The van der Waals surface area contributed by atoms with Gasteiger partial charge in [-0.25, -0.2) is 0 Å². The van der Waals surface area contributed by atoms with E-state index in [2.05, 4.69) is 28.8 Å². The van der Waals surface area contributed by atoms with E-state index in [-0.39, 0.29) is 0 Å². The Balaban J connectivity index is 2.12. The molecular weight excluding hydrogens is 204 g/mol. The van der Waals surface area contributed by atoms with E-state index < -0.39 is 0 Å². The second kappa shape index (κ2) is 4.84. The Morgan fingerprint density at radius 2 is 2.38 bits per heavy atom. The van der Waals surface area contributed by atoms with Crippen LogP contribution in [0.1, 0.15) is 19.0 Å². The summed E-state index contributed by atoms with van der Waals surface area (Å²) in [6, 6.07) is 1.14. The molecule has 0 radical (unpaired) electrons. The van der Waals surface area contributed by atoms with Gasteiger partial charge in [0.2, 0.25) is 0 Å². The lowest BCUT2D eigenvalue weighted by Crippen LogP contribution is -2.38. The van der Waals surface area contributed by atoms with Crippen LogP contribution >= 0.6 is 0 Å². The number of aromatic nitrogens is 1. The minimum absolute atomic E-state index is 0.428. The molecule has 0 saturated carbocycles. The van der Waals surface area contributed by atoms with E-state index >= 15 is 0 Å². The first kappa shape index (κ1) is 11.4. The topological polar surface area (TPSA) is 58.5 Å². The van der Waals surface area contributed by atoms with Crippen LogP contribution in [0, 0.1) is 0 Å². The van der Waals surface area contributed by atoms with Crippen LogP contribution in [0.25, 0.3) is 0 Å². The maximum Gasteiger partial charge on any atom is 0.297 e. The lowest BCUT2D eigenvalue weighted by atomic mass is 10.3. The van der Waals surface area contributed by atoms with Crippen molar-refractivity contribution < 1.29 is 4.42 Å². The van der Waals surface area contributed by atoms with Crippen molar-refractivity contribution in [3.63, 3.8) is 0 Å². The van der Waals surface area contributed by atoms with E-state index in [4.69, 9.17) is 10.2 Å². The van der Waals surface area contributed by atoms with E-state index in [1.54, 1.807) is 6.26 Å². The summed E-state index contributed by atoms with van der Waals surface area (Å²) in [6.07, 6.45) is 2.79. The highest BCUT2D eigenvalue weighted by Gasteiger charge is 2.23. The fourth-order valence-electron chi connectivity index (χ4n) is 2.18. The smallest absolute Gasteiger partial charge is 0.297 e. The van der Waals surface area contributed by atoms with Crippen LogP contribution in [-0.4, -0.2) is 42.6 Å². The Hall–Kier alpha value is -1.07. The second-order valence-corrected chi connectivity index (χ2v) is 4.48. The average molecular weight is 224 g/mol. The van der Waals surface area contributed by atoms with E-state index in [1.165, 1.54) is 0 Å². The molecule has 0 spiro atoms. The summed E-state index contributed by atoms with van der Waals surface area (Å²) in [6.45, 7) is 5.81. The third-order valence-electron chi connectivity index (χ3n) is 3.04. The number of rotatable bonds is 2. The number of nitrogens with zero attached hydrogens (tertiary/aromatic N) is 3. The van der Waals surface area contributed by atoms with Gasteiger partial charge in [-0.15, -0.1) is 0 Å². The minimum atomic E-state index is 0.428. The van der Waals surface area contributed by atoms with Crippen molar-refractivity contribution in [3.8, 4) is 0 Å². The molecule has 1 aliphatic heterocycles. The standard InChI is InChI=1S/C11H20N4O/c1-9-7-14(2)4-3-5-15(9)11-13-10(6-12)8-16-11/h8-9H,3-7,12H2,1-2H3. The van der Waals surface area contributed by atoms with Crippen LogP contribution in [0.15, 0.2) is 10.7 Å². The van der Waals surface area contributed by atoms with Crippen molar-refractivity contribution in [3.05, 3.63) is 12.0 Å². The van der Waals surface area contributed by atoms with Crippen LogP contribution in [0.3, 0.4) is 0 Å². The Morgan fingerprint density at radius 1 is 1.56 bits per heavy atom. The van der Waals surface area contributed by atoms with Crippen LogP contribution < -0.4 is 10.6 Å². The number of hydrogen-bond acceptors (Lipinski definition) is 5. The zero-order valence-corrected chi connectivity index (χ0v) is 10.0. The Morgan fingerprint density at radius 3 is 3.06 bits per heavy atom. The Bertz CT molecular complexity index is 338. The molecule has 0 amide bonds. The molecule has 1 atom stereocenters. The van der Waals surface area contributed by atoms with Crippen molar-refractivity contribution in [1.82, 2.24) is 9.88 Å². The molecule has 0 aliphatic carbocycles. The zero-order chi connectivity index (χ0) is 11.5. The summed E-state index contributed by atoms with van der Waals surface area (Å²) in [5, 5.41) is 0. The number of oxazole rings is 1. The van der Waals surface area contributed by atoms with Crippen molar-refractivity contribution in [2.45, 2.75) is 25.9 Å². The molecule has 90 valence electrons. The molecule has 1 aromatic rings. The first-order valence-corrected chi connectivity index (χ1v) is 5.80. The number of likely N-dealkylation sites (N-methyl/N-ethyl adjacent to an activating group) is 1. The number of nitrogens with two attached hydrogens (primary N) is 1. The van der Waals surface area contributed by atoms with Crippen molar-refractivity contribution in [2.24, 2.45) is 5.73 Å². The SMILES string of the molecule is CC1CN(C)CCCN1c1nc(CN)co1. The third-order valence-corrected chi connectivity index (χ3v) is 3.04. The van der Waals surface area contributed by atoms with E-state index in [0.29, 0.717) is 18.6 Å². The van der Waals surface area contributed by atoms with Crippen molar-refractivity contribution >= 4 is 6.01 Å². The third kappa shape index (κ3) is 2.36. The predicted molar refractivity (Wildman–Crippen MR) is 63.3 cm³/mol. The molecule has 0 bridgehead atoms. The molecule has 1 aromatic heterocycles. The summed E-state index contributed by atoms with van der Waals surface area (Å²) < 4.78 is 5.47. The molecule has 1 fully saturated rings. The maximum absolute atomic E-state index is 5.53. The number of hydrogen-bond donors (Lipinski definition) is 1. The van der Waals surface area contributed by atoms with Gasteiger partial charge in [-0.3, -0.25) is 0 Å². The number of anilines is 1. The van der Waals surface area contributed by atoms with Gasteiger partial charge in [-0.2, -0.15) is 4.98 Å². The van der Waals surface area contributed by atoms with Crippen LogP contribution in [0.2, 0.25) is 0 Å². The highest BCUT2D eigenvalue weighted by atomic mass is 16.4. The molecule has 2 rings (SSSR count). The van der Waals surface area contributed by atoms with Gasteiger partial charge in [0.05, 0.1) is 5.69 Å². The van der Waals surface area contributed by atoms with Crippen molar-refractivity contribution in [1.29, 1.82) is 0 Å². The Labute approximate surface area is 96.2 Å². The van der Waals surface area contributed by atoms with Gasteiger partial charge in [0.25, 0.3) is 6.01 Å². The average Bonchev–Trinajstić information content (AvgIpc) is 2.65. The summed E-state index contributed by atoms with van der Waals surface area (Å²) in [5.41, 5.74) is 6.35. The normalized spacial score (nSPS) is 23.4. The molecule has 1 saturated heterocycles. The van der Waals surface area contributed by atoms with Crippen LogP contribution in [0.4, 0.5) is 6.01 Å². The van der Waals surface area contributed by atoms with Crippen LogP contribution in [-0.2, 0) is 6.54 Å². The molecule has 1 aliphatic rings. The monoisotopic (exact) mass is 224 g/mol. The van der Waals surface area contributed by atoms with Gasteiger partial charge in [-0.05, 0) is 26.9 Å². The van der Waals surface area contributed by atoms with E-state index in [1.807, 2.05) is 0 Å². The molecule has 1 unspecified atom stereocenters. The van der Waals surface area contributed by atoms with Gasteiger partial charge in [0.1, 0.15) is 6.26 Å². The van der Waals surface area contributed by atoms with Gasteiger partial charge in [0, 0.05) is 25.7 Å². The molecule has 0 aromatic carbocycles. The Kier molecular flexibility index (Phi) is 3.46. The lowest BCUT2D eigenvalue weighted by Gasteiger charge is -2.26. The first-order chi connectivity index (χ1) is 7.70. The predicted octanol–water partition coefficient (Wildman–Crippen LogP) is 0.664. The van der Waals surface area contributed by atoms with Gasteiger partial charge in [-0.1, -0.05) is 0 Å². The lowest BCUT2D eigenvalue weighted by molar-refractivity contribution is 0.335. The molecule has 5 nitrogen and oxygen atoms in total. The molecule has 16 heavy (non-hydrogen) atoms. The largest absolute Gasteiger partial charge is 0.432 e. The van der Waals surface area contributed by atoms with Gasteiger partial charge in [0.15, 0.2) is 0 Å². The highest BCUT2D eigenvalue weighted by Crippen LogP contribution is 2.19. The molecule has 5 heteroatoms. The quantitative estimate of drug-likeness (QED) is 0.800. The van der Waals surface area contributed by atoms with E-state index in [0.717, 1.165) is 31.7 Å². The maximum atomic E-state index is 5.53.